The Kier molecular flexibility index (Phi) is 5.38. The number of benzene rings is 1. The highest BCUT2D eigenvalue weighted by atomic mass is 35.5. The van der Waals surface area contributed by atoms with Gasteiger partial charge in [-0.3, -0.25) is 4.79 Å². The van der Waals surface area contributed by atoms with Gasteiger partial charge in [0.1, 0.15) is 23.0 Å². The normalized spacial score (nSPS) is 23.7. The standard InChI is InChI=1S/C22H17ClF4N4O4/c23-13-3-1-11(5-14(13)24)34-17(18(28)32)20-8-21(9-20,10-20)19-30-16(31-35-19)7-33-12-2-4-15(29-6-12)22(25,26)27/h1-6,17H,7-10H2,(H2,28,32). The van der Waals surface area contributed by atoms with Crippen molar-refractivity contribution in [3.63, 3.8) is 0 Å². The van der Waals surface area contributed by atoms with E-state index >= 15 is 0 Å². The zero-order chi connectivity index (χ0) is 25.0. The molecule has 3 fully saturated rings. The van der Waals surface area contributed by atoms with Crippen LogP contribution in [0.3, 0.4) is 0 Å². The molecule has 3 saturated carbocycles. The number of primary amides is 1. The van der Waals surface area contributed by atoms with E-state index in [9.17, 15) is 22.4 Å². The molecule has 1 unspecified atom stereocenters. The van der Waals surface area contributed by atoms with Crippen LogP contribution in [0.1, 0.15) is 36.7 Å². The predicted molar refractivity (Wildman–Crippen MR) is 111 cm³/mol. The molecular formula is C22H17ClF4N4O4. The van der Waals surface area contributed by atoms with E-state index in [1.165, 1.54) is 12.1 Å². The second-order valence-corrected chi connectivity index (χ2v) is 9.24. The molecule has 2 N–H and O–H groups in total. The average molecular weight is 513 g/mol. The lowest BCUT2D eigenvalue weighted by molar-refractivity contribution is -0.208. The number of ether oxygens (including phenoxy) is 2. The SMILES string of the molecule is NC(=O)C(Oc1ccc(Cl)c(F)c1)C12CC(c3nc(COc4ccc(C(F)(F)F)nc4)no3)(C1)C2. The summed E-state index contributed by atoms with van der Waals surface area (Å²) in [7, 11) is 0. The van der Waals surface area contributed by atoms with Gasteiger partial charge in [0.15, 0.2) is 12.7 Å². The summed E-state index contributed by atoms with van der Waals surface area (Å²) in [6.45, 7) is -0.132. The molecule has 0 spiro atoms. The zero-order valence-corrected chi connectivity index (χ0v) is 18.6. The molecule has 0 saturated heterocycles. The summed E-state index contributed by atoms with van der Waals surface area (Å²) in [6.07, 6.45) is -3.02. The molecule has 1 amide bonds. The first-order valence-corrected chi connectivity index (χ1v) is 10.8. The van der Waals surface area contributed by atoms with Crippen molar-refractivity contribution in [1.29, 1.82) is 0 Å². The fraction of sp³-hybridized carbons (Fsp3) is 0.364. The van der Waals surface area contributed by atoms with Crippen molar-refractivity contribution in [3.8, 4) is 11.5 Å². The van der Waals surface area contributed by atoms with Gasteiger partial charge in [-0.15, -0.1) is 0 Å². The lowest BCUT2D eigenvalue weighted by Crippen LogP contribution is -2.72. The van der Waals surface area contributed by atoms with E-state index in [2.05, 4.69) is 15.1 Å². The quantitative estimate of drug-likeness (QED) is 0.450. The summed E-state index contributed by atoms with van der Waals surface area (Å²) in [6, 6.07) is 5.84. The van der Waals surface area contributed by atoms with Crippen LogP contribution in [-0.4, -0.2) is 27.1 Å². The molecule has 8 nitrogen and oxygen atoms in total. The third-order valence-electron chi connectivity index (χ3n) is 6.35. The van der Waals surface area contributed by atoms with Crippen molar-refractivity contribution in [2.24, 2.45) is 11.1 Å². The van der Waals surface area contributed by atoms with Crippen LogP contribution >= 0.6 is 11.6 Å². The minimum Gasteiger partial charge on any atom is -0.484 e. The van der Waals surface area contributed by atoms with Gasteiger partial charge in [0.25, 0.3) is 5.91 Å². The highest BCUT2D eigenvalue weighted by molar-refractivity contribution is 6.30. The third-order valence-corrected chi connectivity index (χ3v) is 6.65. The van der Waals surface area contributed by atoms with E-state index < -0.39 is 40.5 Å². The molecule has 13 heteroatoms. The van der Waals surface area contributed by atoms with Crippen molar-refractivity contribution >= 4 is 17.5 Å². The Balaban J connectivity index is 1.20. The minimum atomic E-state index is -4.54. The Morgan fingerprint density at radius 2 is 1.91 bits per heavy atom. The summed E-state index contributed by atoms with van der Waals surface area (Å²) in [5.74, 6) is -0.506. The van der Waals surface area contributed by atoms with Crippen LogP contribution in [-0.2, 0) is 23.0 Å². The zero-order valence-electron chi connectivity index (χ0n) is 17.8. The predicted octanol–water partition coefficient (Wildman–Crippen LogP) is 4.21. The van der Waals surface area contributed by atoms with Gasteiger partial charge in [0.05, 0.1) is 16.6 Å². The number of pyridine rings is 1. The van der Waals surface area contributed by atoms with Crippen molar-refractivity contribution in [1.82, 2.24) is 15.1 Å². The molecule has 6 rings (SSSR count). The van der Waals surface area contributed by atoms with Gasteiger partial charge >= 0.3 is 6.18 Å². The van der Waals surface area contributed by atoms with Crippen LogP contribution in [0.25, 0.3) is 0 Å². The van der Waals surface area contributed by atoms with Crippen molar-refractivity contribution < 1.29 is 36.4 Å². The second kappa shape index (κ2) is 8.08. The van der Waals surface area contributed by atoms with E-state index in [0.717, 1.165) is 24.4 Å². The molecule has 2 heterocycles. The summed E-state index contributed by atoms with van der Waals surface area (Å²) >= 11 is 5.69. The summed E-state index contributed by atoms with van der Waals surface area (Å²) < 4.78 is 68.0. The number of rotatable bonds is 8. The number of alkyl halides is 3. The molecule has 184 valence electrons. The molecule has 3 aliphatic rings. The maximum atomic E-state index is 13.7. The van der Waals surface area contributed by atoms with Crippen molar-refractivity contribution in [3.05, 3.63) is 64.8 Å². The molecule has 35 heavy (non-hydrogen) atoms. The number of amides is 1. The molecule has 2 bridgehead atoms. The van der Waals surface area contributed by atoms with Gasteiger partial charge in [0, 0.05) is 11.5 Å². The monoisotopic (exact) mass is 512 g/mol. The molecular weight excluding hydrogens is 496 g/mol. The average Bonchev–Trinajstić information content (AvgIpc) is 3.20. The van der Waals surface area contributed by atoms with Gasteiger partial charge in [-0.25, -0.2) is 9.37 Å². The lowest BCUT2D eigenvalue weighted by Gasteiger charge is -2.69. The Morgan fingerprint density at radius 3 is 2.51 bits per heavy atom. The first kappa shape index (κ1) is 23.3. The molecule has 3 aromatic rings. The number of nitrogens with two attached hydrogens (primary N) is 1. The topological polar surface area (TPSA) is 113 Å². The molecule has 1 aromatic carbocycles. The Morgan fingerprint density at radius 1 is 1.20 bits per heavy atom. The summed E-state index contributed by atoms with van der Waals surface area (Å²) in [5.41, 5.74) is 3.59. The molecule has 0 aliphatic heterocycles. The fourth-order valence-corrected chi connectivity index (χ4v) is 4.97. The van der Waals surface area contributed by atoms with Gasteiger partial charge in [0.2, 0.25) is 11.7 Å². The maximum Gasteiger partial charge on any atom is 0.433 e. The smallest absolute Gasteiger partial charge is 0.433 e. The van der Waals surface area contributed by atoms with E-state index in [1.807, 2.05) is 0 Å². The highest BCUT2D eigenvalue weighted by Gasteiger charge is 2.75. The Hall–Kier alpha value is -3.41. The van der Waals surface area contributed by atoms with Crippen LogP contribution in [0.4, 0.5) is 17.6 Å². The number of aromatic nitrogens is 3. The van der Waals surface area contributed by atoms with E-state index in [0.29, 0.717) is 25.2 Å². The van der Waals surface area contributed by atoms with Gasteiger partial charge < -0.3 is 19.7 Å². The van der Waals surface area contributed by atoms with Crippen LogP contribution in [0, 0.1) is 11.2 Å². The van der Waals surface area contributed by atoms with E-state index in [-0.39, 0.29) is 29.0 Å². The maximum absolute atomic E-state index is 13.7. The van der Waals surface area contributed by atoms with Crippen LogP contribution < -0.4 is 15.2 Å². The lowest BCUT2D eigenvalue weighted by atomic mass is 9.33. The van der Waals surface area contributed by atoms with Gasteiger partial charge in [-0.2, -0.15) is 18.2 Å². The van der Waals surface area contributed by atoms with Gasteiger partial charge in [-0.1, -0.05) is 16.8 Å². The Bertz CT molecular complexity index is 1260. The number of nitrogens with zero attached hydrogens (tertiary/aromatic N) is 3. The largest absolute Gasteiger partial charge is 0.484 e. The van der Waals surface area contributed by atoms with E-state index in [4.69, 9.17) is 31.3 Å². The highest BCUT2D eigenvalue weighted by Crippen LogP contribution is 2.75. The van der Waals surface area contributed by atoms with Gasteiger partial charge in [-0.05, 0) is 43.5 Å². The second-order valence-electron chi connectivity index (χ2n) is 8.83. The summed E-state index contributed by atoms with van der Waals surface area (Å²) in [4.78, 5) is 19.8. The first-order chi connectivity index (χ1) is 16.5. The number of hydrogen-bond acceptors (Lipinski definition) is 7. The number of carbonyl (C=O) groups is 1. The molecule has 1 atom stereocenters. The molecule has 2 aromatic heterocycles. The van der Waals surface area contributed by atoms with Crippen molar-refractivity contribution in [2.45, 2.75) is 43.6 Å². The fourth-order valence-electron chi connectivity index (χ4n) is 4.85. The minimum absolute atomic E-state index is 0.0665. The van der Waals surface area contributed by atoms with E-state index in [1.54, 1.807) is 0 Å². The first-order valence-electron chi connectivity index (χ1n) is 10.4. The molecule has 0 radical (unpaired) electrons. The van der Waals surface area contributed by atoms with Crippen LogP contribution in [0.5, 0.6) is 11.5 Å². The number of carbonyl (C=O) groups excluding carboxylic acids is 1. The molecule has 3 aliphatic carbocycles. The number of hydrogen-bond donors (Lipinski definition) is 1. The summed E-state index contributed by atoms with van der Waals surface area (Å²) in [5, 5.41) is 3.79. The van der Waals surface area contributed by atoms with Crippen LogP contribution in [0.15, 0.2) is 41.1 Å². The number of halogens is 5. The van der Waals surface area contributed by atoms with Crippen molar-refractivity contribution in [2.75, 3.05) is 0 Å². The Labute approximate surface area is 200 Å². The third kappa shape index (κ3) is 4.15. The van der Waals surface area contributed by atoms with Crippen LogP contribution in [0.2, 0.25) is 5.02 Å².